The van der Waals surface area contributed by atoms with Gasteiger partial charge in [0.2, 0.25) is 0 Å². The number of benzene rings is 1. The summed E-state index contributed by atoms with van der Waals surface area (Å²) in [4.78, 5) is 10.4. The molecule has 1 unspecified atom stereocenters. The van der Waals surface area contributed by atoms with Crippen LogP contribution in [-0.4, -0.2) is 10.2 Å². The highest BCUT2D eigenvalue weighted by Crippen LogP contribution is 2.31. The molecule has 0 aliphatic heterocycles. The second-order valence-corrected chi connectivity index (χ2v) is 5.76. The summed E-state index contributed by atoms with van der Waals surface area (Å²) < 4.78 is 0.607. The van der Waals surface area contributed by atoms with E-state index in [-0.39, 0.29) is 10.6 Å². The van der Waals surface area contributed by atoms with Crippen molar-refractivity contribution in [1.82, 2.24) is 0 Å². The Morgan fingerprint density at radius 1 is 1.56 bits per heavy atom. The Balaban J connectivity index is 2.81. The zero-order valence-corrected chi connectivity index (χ0v) is 11.7. The molecule has 1 atom stereocenters. The van der Waals surface area contributed by atoms with Gasteiger partial charge in [-0.3, -0.25) is 10.1 Å². The van der Waals surface area contributed by atoms with Crippen LogP contribution < -0.4 is 0 Å². The largest absolute Gasteiger partial charge is 0.283 e. The lowest BCUT2D eigenvalue weighted by Gasteiger charge is -2.09. The topological polar surface area (TPSA) is 43.1 Å². The van der Waals surface area contributed by atoms with E-state index in [1.54, 1.807) is 6.07 Å². The number of nitro benzene ring substituents is 1. The number of thioether (sulfide) groups is 1. The quantitative estimate of drug-likeness (QED) is 0.598. The number of nitrogens with zero attached hydrogens (tertiary/aromatic N) is 1. The van der Waals surface area contributed by atoms with E-state index in [4.69, 9.17) is 0 Å². The first-order chi connectivity index (χ1) is 7.56. The second-order valence-electron chi connectivity index (χ2n) is 3.54. The van der Waals surface area contributed by atoms with E-state index in [9.17, 15) is 10.1 Å². The van der Waals surface area contributed by atoms with Gasteiger partial charge in [0, 0.05) is 17.1 Å². The van der Waals surface area contributed by atoms with Crippen LogP contribution in [0.15, 0.2) is 22.7 Å². The van der Waals surface area contributed by atoms with Gasteiger partial charge in [0.05, 0.1) is 9.40 Å². The maximum Gasteiger partial charge on any atom is 0.283 e. The van der Waals surface area contributed by atoms with Crippen LogP contribution in [0.2, 0.25) is 0 Å². The molecule has 1 aromatic rings. The summed E-state index contributed by atoms with van der Waals surface area (Å²) in [7, 11) is 0. The number of nitro groups is 1. The summed E-state index contributed by atoms with van der Waals surface area (Å²) in [5, 5.41) is 11.3. The van der Waals surface area contributed by atoms with Gasteiger partial charge in [-0.15, -0.1) is 0 Å². The highest BCUT2D eigenvalue weighted by molar-refractivity contribution is 9.10. The molecule has 0 aromatic heterocycles. The molecule has 0 saturated heterocycles. The van der Waals surface area contributed by atoms with Crippen LogP contribution in [0.3, 0.4) is 0 Å². The van der Waals surface area contributed by atoms with Crippen molar-refractivity contribution in [3.8, 4) is 0 Å². The molecule has 0 bridgehead atoms. The molecule has 16 heavy (non-hydrogen) atoms. The van der Waals surface area contributed by atoms with Gasteiger partial charge in [-0.2, -0.15) is 11.8 Å². The summed E-state index contributed by atoms with van der Waals surface area (Å²) >= 11 is 5.11. The Kier molecular flexibility index (Phi) is 5.28. The second kappa shape index (κ2) is 6.25. The van der Waals surface area contributed by atoms with Crippen molar-refractivity contribution < 1.29 is 4.92 Å². The molecule has 1 rings (SSSR count). The third-order valence-corrected chi connectivity index (χ3v) is 4.65. The van der Waals surface area contributed by atoms with Crippen LogP contribution in [0, 0.1) is 10.1 Å². The molecule has 0 N–H and O–H groups in total. The number of halogens is 1. The fourth-order valence-corrected chi connectivity index (χ4v) is 2.84. The summed E-state index contributed by atoms with van der Waals surface area (Å²) in [6, 6.07) is 5.17. The molecule has 0 spiro atoms. The molecular formula is C11H14BrNO2S. The maximum atomic E-state index is 10.7. The first-order valence-electron chi connectivity index (χ1n) is 5.09. The lowest BCUT2D eigenvalue weighted by atomic mass is 10.2. The van der Waals surface area contributed by atoms with Gasteiger partial charge >= 0.3 is 0 Å². The van der Waals surface area contributed by atoms with Crippen molar-refractivity contribution in [3.63, 3.8) is 0 Å². The molecule has 0 heterocycles. The first kappa shape index (κ1) is 13.5. The molecule has 0 radical (unpaired) electrons. The lowest BCUT2D eigenvalue weighted by molar-refractivity contribution is -0.385. The van der Waals surface area contributed by atoms with Gasteiger partial charge in [-0.25, -0.2) is 0 Å². The average Bonchev–Trinajstić information content (AvgIpc) is 2.26. The van der Waals surface area contributed by atoms with Gasteiger partial charge in [-0.05, 0) is 27.9 Å². The molecule has 0 aliphatic carbocycles. The fraction of sp³-hybridized carbons (Fsp3) is 0.455. The fourth-order valence-electron chi connectivity index (χ4n) is 1.17. The molecule has 1 aromatic carbocycles. The van der Waals surface area contributed by atoms with E-state index in [0.717, 1.165) is 17.7 Å². The Labute approximate surface area is 108 Å². The van der Waals surface area contributed by atoms with Crippen molar-refractivity contribution in [2.75, 3.05) is 0 Å². The molecule has 0 fully saturated rings. The van der Waals surface area contributed by atoms with Gasteiger partial charge in [0.1, 0.15) is 0 Å². The third-order valence-electron chi connectivity index (χ3n) is 2.35. The highest BCUT2D eigenvalue weighted by Gasteiger charge is 2.14. The molecule has 0 aliphatic rings. The maximum absolute atomic E-state index is 10.7. The minimum atomic E-state index is -0.360. The molecule has 88 valence electrons. The normalized spacial score (nSPS) is 12.4. The van der Waals surface area contributed by atoms with Gasteiger partial charge in [0.25, 0.3) is 5.69 Å². The van der Waals surface area contributed by atoms with Crippen LogP contribution in [-0.2, 0) is 5.75 Å². The minimum Gasteiger partial charge on any atom is -0.258 e. The van der Waals surface area contributed by atoms with Crippen LogP contribution in [0.25, 0.3) is 0 Å². The minimum absolute atomic E-state index is 0.141. The van der Waals surface area contributed by atoms with Gasteiger partial charge < -0.3 is 0 Å². The Bertz CT molecular complexity index is 384. The standard InChI is InChI=1S/C11H14BrNO2S/c1-3-8(2)16-7-9-5-4-6-10(11(9)12)13(14)15/h4-6,8H,3,7H2,1-2H3. The van der Waals surface area contributed by atoms with E-state index in [1.165, 1.54) is 6.07 Å². The number of hydrogen-bond acceptors (Lipinski definition) is 3. The van der Waals surface area contributed by atoms with E-state index >= 15 is 0 Å². The molecule has 5 heteroatoms. The molecular weight excluding hydrogens is 290 g/mol. The van der Waals surface area contributed by atoms with E-state index in [2.05, 4.69) is 29.8 Å². The Morgan fingerprint density at radius 2 is 2.25 bits per heavy atom. The van der Waals surface area contributed by atoms with Crippen molar-refractivity contribution >= 4 is 33.4 Å². The number of rotatable bonds is 5. The SMILES string of the molecule is CCC(C)SCc1cccc([N+](=O)[O-])c1Br. The third kappa shape index (κ3) is 3.49. The number of hydrogen-bond donors (Lipinski definition) is 0. The summed E-state index contributed by atoms with van der Waals surface area (Å²) in [6.45, 7) is 4.30. The van der Waals surface area contributed by atoms with Gasteiger partial charge in [-0.1, -0.05) is 26.0 Å². The van der Waals surface area contributed by atoms with Crippen LogP contribution >= 0.6 is 27.7 Å². The molecule has 0 saturated carbocycles. The highest BCUT2D eigenvalue weighted by atomic mass is 79.9. The summed E-state index contributed by atoms with van der Waals surface area (Å²) in [5.41, 5.74) is 1.13. The van der Waals surface area contributed by atoms with Crippen molar-refractivity contribution in [2.45, 2.75) is 31.3 Å². The predicted octanol–water partition coefficient (Wildman–Crippen LogP) is 4.39. The van der Waals surface area contributed by atoms with E-state index in [0.29, 0.717) is 9.72 Å². The van der Waals surface area contributed by atoms with Crippen LogP contribution in [0.1, 0.15) is 25.8 Å². The van der Waals surface area contributed by atoms with E-state index < -0.39 is 0 Å². The van der Waals surface area contributed by atoms with Crippen molar-refractivity contribution in [2.24, 2.45) is 0 Å². The van der Waals surface area contributed by atoms with Crippen LogP contribution in [0.4, 0.5) is 5.69 Å². The van der Waals surface area contributed by atoms with Crippen molar-refractivity contribution in [1.29, 1.82) is 0 Å². The Hall–Kier alpha value is -0.550. The molecule has 3 nitrogen and oxygen atoms in total. The zero-order valence-electron chi connectivity index (χ0n) is 9.27. The smallest absolute Gasteiger partial charge is 0.258 e. The first-order valence-corrected chi connectivity index (χ1v) is 6.93. The predicted molar refractivity (Wildman–Crippen MR) is 71.8 cm³/mol. The van der Waals surface area contributed by atoms with Gasteiger partial charge in [0.15, 0.2) is 0 Å². The lowest BCUT2D eigenvalue weighted by Crippen LogP contribution is -1.96. The van der Waals surface area contributed by atoms with Crippen LogP contribution in [0.5, 0.6) is 0 Å². The molecule has 0 amide bonds. The summed E-state index contributed by atoms with van der Waals surface area (Å²) in [5.74, 6) is 0.803. The monoisotopic (exact) mass is 303 g/mol. The Morgan fingerprint density at radius 3 is 2.81 bits per heavy atom. The van der Waals surface area contributed by atoms with Crippen molar-refractivity contribution in [3.05, 3.63) is 38.3 Å². The summed E-state index contributed by atoms with van der Waals surface area (Å²) in [6.07, 6.45) is 1.11. The zero-order chi connectivity index (χ0) is 12.1. The van der Waals surface area contributed by atoms with E-state index in [1.807, 2.05) is 17.8 Å². The average molecular weight is 304 g/mol.